The van der Waals surface area contributed by atoms with E-state index in [2.05, 4.69) is 20.6 Å². The zero-order chi connectivity index (χ0) is 22.1. The molecular weight excluding hydrogens is 534 g/mol. The van der Waals surface area contributed by atoms with Crippen LogP contribution in [-0.2, 0) is 28.7 Å². The van der Waals surface area contributed by atoms with Crippen LogP contribution in [0.3, 0.4) is 0 Å². The Morgan fingerprint density at radius 3 is 2.52 bits per heavy atom. The van der Waals surface area contributed by atoms with Crippen LogP contribution in [0.4, 0.5) is 4.39 Å². The number of nitrogens with one attached hydrogen (secondary N) is 2. The Bertz CT molecular complexity index is 967. The van der Waals surface area contributed by atoms with E-state index in [1.165, 1.54) is 18.2 Å². The standard InChI is InChI=1S/C21H29FN4O3S.HI/c1-5-23-21(25-12-16-6-9-20(24-11-16)29-15(2)3)26-13-18-10-19(22)8-7-17(18)14-30(4,27)28;/h6-11,15H,5,12-14H2,1-4H3,(H2,23,25,26);1H. The first kappa shape index (κ1) is 27.1. The van der Waals surface area contributed by atoms with E-state index < -0.39 is 15.7 Å². The van der Waals surface area contributed by atoms with Crippen molar-refractivity contribution in [1.29, 1.82) is 0 Å². The number of pyridine rings is 1. The molecule has 10 heteroatoms. The zero-order valence-electron chi connectivity index (χ0n) is 18.2. The van der Waals surface area contributed by atoms with Crippen LogP contribution in [0.1, 0.15) is 37.5 Å². The number of aromatic nitrogens is 1. The largest absolute Gasteiger partial charge is 0.475 e. The first-order valence-corrected chi connectivity index (χ1v) is 11.8. The Morgan fingerprint density at radius 1 is 1.19 bits per heavy atom. The Morgan fingerprint density at radius 2 is 1.94 bits per heavy atom. The van der Waals surface area contributed by atoms with Crippen molar-refractivity contribution >= 4 is 39.8 Å². The van der Waals surface area contributed by atoms with E-state index in [4.69, 9.17) is 4.74 Å². The predicted octanol–water partition coefficient (Wildman–Crippen LogP) is 3.43. The predicted molar refractivity (Wildman–Crippen MR) is 132 cm³/mol. The maximum Gasteiger partial charge on any atom is 0.213 e. The molecule has 172 valence electrons. The summed E-state index contributed by atoms with van der Waals surface area (Å²) in [7, 11) is -3.23. The monoisotopic (exact) mass is 564 g/mol. The SMILES string of the molecule is CCNC(=NCc1ccc(OC(C)C)nc1)NCc1cc(F)ccc1CS(C)(=O)=O.I. The van der Waals surface area contributed by atoms with Crippen LogP contribution in [0.5, 0.6) is 5.88 Å². The van der Waals surface area contributed by atoms with Crippen LogP contribution in [0.2, 0.25) is 0 Å². The second-order valence-corrected chi connectivity index (χ2v) is 9.34. The van der Waals surface area contributed by atoms with Gasteiger partial charge in [0.15, 0.2) is 15.8 Å². The third-order valence-corrected chi connectivity index (χ3v) is 4.79. The maximum absolute atomic E-state index is 13.7. The van der Waals surface area contributed by atoms with Gasteiger partial charge in [-0.1, -0.05) is 12.1 Å². The summed E-state index contributed by atoms with van der Waals surface area (Å²) in [4.78, 5) is 8.78. The number of guanidine groups is 1. The van der Waals surface area contributed by atoms with Gasteiger partial charge in [-0.05, 0) is 49.6 Å². The van der Waals surface area contributed by atoms with Gasteiger partial charge in [0.2, 0.25) is 5.88 Å². The van der Waals surface area contributed by atoms with Crippen molar-refractivity contribution in [3.63, 3.8) is 0 Å². The van der Waals surface area contributed by atoms with E-state index in [1.807, 2.05) is 26.8 Å². The van der Waals surface area contributed by atoms with E-state index in [0.29, 0.717) is 36.1 Å². The lowest BCUT2D eigenvalue weighted by Gasteiger charge is -2.14. The van der Waals surface area contributed by atoms with Crippen molar-refractivity contribution in [3.05, 3.63) is 59.0 Å². The minimum absolute atomic E-state index is 0. The number of hydrogen-bond donors (Lipinski definition) is 2. The van der Waals surface area contributed by atoms with Crippen molar-refractivity contribution in [2.45, 2.75) is 45.7 Å². The van der Waals surface area contributed by atoms with Crippen LogP contribution in [0.25, 0.3) is 0 Å². The quantitative estimate of drug-likeness (QED) is 0.276. The number of halogens is 2. The second-order valence-electron chi connectivity index (χ2n) is 7.20. The average Bonchev–Trinajstić information content (AvgIpc) is 2.65. The second kappa shape index (κ2) is 12.8. The van der Waals surface area contributed by atoms with Crippen molar-refractivity contribution in [2.75, 3.05) is 12.8 Å². The molecular formula is C21H30FIN4O3S. The number of ether oxygens (including phenoxy) is 1. The maximum atomic E-state index is 13.7. The van der Waals surface area contributed by atoms with Crippen molar-refractivity contribution in [2.24, 2.45) is 4.99 Å². The lowest BCUT2D eigenvalue weighted by molar-refractivity contribution is 0.232. The van der Waals surface area contributed by atoms with Gasteiger partial charge in [-0.25, -0.2) is 22.8 Å². The van der Waals surface area contributed by atoms with Crippen LogP contribution >= 0.6 is 24.0 Å². The fraction of sp³-hybridized carbons (Fsp3) is 0.429. The van der Waals surface area contributed by atoms with Gasteiger partial charge in [-0.15, -0.1) is 24.0 Å². The molecule has 0 saturated heterocycles. The van der Waals surface area contributed by atoms with Crippen molar-refractivity contribution in [1.82, 2.24) is 15.6 Å². The fourth-order valence-electron chi connectivity index (χ4n) is 2.69. The fourth-order valence-corrected chi connectivity index (χ4v) is 3.54. The van der Waals surface area contributed by atoms with Crippen molar-refractivity contribution < 1.29 is 17.5 Å². The molecule has 0 aliphatic carbocycles. The number of hydrogen-bond acceptors (Lipinski definition) is 5. The van der Waals surface area contributed by atoms with E-state index in [1.54, 1.807) is 12.3 Å². The molecule has 0 spiro atoms. The molecule has 0 radical (unpaired) electrons. The molecule has 1 heterocycles. The highest BCUT2D eigenvalue weighted by Crippen LogP contribution is 2.15. The summed E-state index contributed by atoms with van der Waals surface area (Å²) in [6.45, 7) is 7.10. The summed E-state index contributed by atoms with van der Waals surface area (Å²) in [6, 6.07) is 7.81. The molecule has 2 aromatic rings. The molecule has 0 saturated carbocycles. The molecule has 0 aliphatic rings. The molecule has 31 heavy (non-hydrogen) atoms. The molecule has 0 fully saturated rings. The van der Waals surface area contributed by atoms with Gasteiger partial charge in [-0.3, -0.25) is 0 Å². The molecule has 2 rings (SSSR count). The number of benzene rings is 1. The van der Waals surface area contributed by atoms with Crippen molar-refractivity contribution in [3.8, 4) is 5.88 Å². The van der Waals surface area contributed by atoms with Gasteiger partial charge in [-0.2, -0.15) is 0 Å². The molecule has 0 bridgehead atoms. The van der Waals surface area contributed by atoms with Crippen LogP contribution in [0.15, 0.2) is 41.5 Å². The summed E-state index contributed by atoms with van der Waals surface area (Å²) in [5.74, 6) is 0.539. The van der Waals surface area contributed by atoms with E-state index in [9.17, 15) is 12.8 Å². The molecule has 7 nitrogen and oxygen atoms in total. The summed E-state index contributed by atoms with van der Waals surface area (Å²) < 4.78 is 42.5. The molecule has 0 atom stereocenters. The average molecular weight is 564 g/mol. The smallest absolute Gasteiger partial charge is 0.213 e. The van der Waals surface area contributed by atoms with Crippen LogP contribution in [-0.4, -0.2) is 38.3 Å². The topological polar surface area (TPSA) is 92.7 Å². The Hall–Kier alpha value is -1.95. The third-order valence-electron chi connectivity index (χ3n) is 3.95. The minimum Gasteiger partial charge on any atom is -0.475 e. The van der Waals surface area contributed by atoms with E-state index in [0.717, 1.165) is 11.8 Å². The highest BCUT2D eigenvalue weighted by Gasteiger charge is 2.11. The first-order chi connectivity index (χ1) is 14.2. The molecule has 0 amide bonds. The lowest BCUT2D eigenvalue weighted by atomic mass is 10.1. The van der Waals surface area contributed by atoms with Gasteiger partial charge in [0.05, 0.1) is 18.4 Å². The normalized spacial score (nSPS) is 11.7. The molecule has 2 N–H and O–H groups in total. The Balaban J connectivity index is 0.00000480. The highest BCUT2D eigenvalue weighted by molar-refractivity contribution is 14.0. The lowest BCUT2D eigenvalue weighted by Crippen LogP contribution is -2.37. The highest BCUT2D eigenvalue weighted by atomic mass is 127. The van der Waals surface area contributed by atoms with Crippen LogP contribution in [0, 0.1) is 5.82 Å². The molecule has 0 aliphatic heterocycles. The number of rotatable bonds is 9. The summed E-state index contributed by atoms with van der Waals surface area (Å²) in [5, 5.41) is 6.26. The zero-order valence-corrected chi connectivity index (χ0v) is 21.3. The minimum atomic E-state index is -3.23. The van der Waals surface area contributed by atoms with Gasteiger partial charge in [0.1, 0.15) is 5.82 Å². The Labute approximate surface area is 200 Å². The van der Waals surface area contributed by atoms with E-state index >= 15 is 0 Å². The number of aliphatic imine (C=N–C) groups is 1. The molecule has 1 aromatic heterocycles. The Kier molecular flexibility index (Phi) is 11.2. The molecule has 0 unspecified atom stereocenters. The number of sulfone groups is 1. The van der Waals surface area contributed by atoms with E-state index in [-0.39, 0.29) is 42.4 Å². The van der Waals surface area contributed by atoms with Crippen LogP contribution < -0.4 is 15.4 Å². The van der Waals surface area contributed by atoms with Gasteiger partial charge >= 0.3 is 0 Å². The molecule has 1 aromatic carbocycles. The summed E-state index contributed by atoms with van der Waals surface area (Å²) >= 11 is 0. The summed E-state index contributed by atoms with van der Waals surface area (Å²) in [6.07, 6.45) is 2.92. The van der Waals surface area contributed by atoms with Gasteiger partial charge < -0.3 is 15.4 Å². The van der Waals surface area contributed by atoms with Gasteiger partial charge in [0.25, 0.3) is 0 Å². The number of nitrogens with zero attached hydrogens (tertiary/aromatic N) is 2. The van der Waals surface area contributed by atoms with Gasteiger partial charge in [0, 0.05) is 31.6 Å². The first-order valence-electron chi connectivity index (χ1n) is 9.75. The third kappa shape index (κ3) is 10.3. The summed E-state index contributed by atoms with van der Waals surface area (Å²) in [5.41, 5.74) is 2.04.